The van der Waals surface area contributed by atoms with E-state index >= 15 is 0 Å². The third kappa shape index (κ3) is 5.13. The van der Waals surface area contributed by atoms with Crippen LogP contribution in [0.5, 0.6) is 0 Å². The van der Waals surface area contributed by atoms with Gasteiger partial charge in [0.05, 0.1) is 0 Å². The van der Waals surface area contributed by atoms with E-state index in [1.165, 1.54) is 37.8 Å². The van der Waals surface area contributed by atoms with Crippen molar-refractivity contribution in [3.05, 3.63) is 11.6 Å². The minimum atomic E-state index is 0.643. The van der Waals surface area contributed by atoms with Crippen LogP contribution in [0.3, 0.4) is 0 Å². The average Bonchev–Trinajstić information content (AvgIpc) is 2.60. The van der Waals surface area contributed by atoms with Gasteiger partial charge < -0.3 is 10.2 Å². The number of likely N-dealkylation sites (tertiary alicyclic amines) is 1. The first-order valence-electron chi connectivity index (χ1n) is 6.66. The maximum atomic E-state index is 3.66. The summed E-state index contributed by atoms with van der Waals surface area (Å²) in [6.45, 7) is 9.08. The summed E-state index contributed by atoms with van der Waals surface area (Å²) < 4.78 is 0. The molecular weight excluding hydrogens is 196 g/mol. The Morgan fingerprint density at radius 2 is 2.25 bits per heavy atom. The van der Waals surface area contributed by atoms with Gasteiger partial charge in [0, 0.05) is 18.6 Å². The smallest absolute Gasteiger partial charge is 0.0218 e. The second-order valence-corrected chi connectivity index (χ2v) is 5.44. The predicted molar refractivity (Wildman–Crippen MR) is 71.8 cm³/mol. The molecule has 1 rings (SSSR count). The molecule has 1 fully saturated rings. The monoisotopic (exact) mass is 224 g/mol. The molecule has 1 saturated heterocycles. The summed E-state index contributed by atoms with van der Waals surface area (Å²) in [5.41, 5.74) is 1.43. The Labute approximate surface area is 101 Å². The molecule has 0 aliphatic carbocycles. The standard InChI is InChI=1S/C14H28N2/c1-12(2)7-5-8-13(3)15-11-14-9-6-10-16(14)4/h7,13-15H,5-6,8-11H2,1-4H3. The van der Waals surface area contributed by atoms with Crippen molar-refractivity contribution in [1.82, 2.24) is 10.2 Å². The molecule has 94 valence electrons. The van der Waals surface area contributed by atoms with Crippen LogP contribution in [0.4, 0.5) is 0 Å². The third-order valence-electron chi connectivity index (χ3n) is 3.53. The van der Waals surface area contributed by atoms with Crippen molar-refractivity contribution >= 4 is 0 Å². The summed E-state index contributed by atoms with van der Waals surface area (Å²) in [4.78, 5) is 2.48. The van der Waals surface area contributed by atoms with Crippen LogP contribution in [-0.2, 0) is 0 Å². The van der Waals surface area contributed by atoms with Gasteiger partial charge in [-0.05, 0) is 60.0 Å². The SMILES string of the molecule is CC(C)=CCCC(C)NCC1CCCN1C. The van der Waals surface area contributed by atoms with Crippen LogP contribution in [0.2, 0.25) is 0 Å². The Morgan fingerprint density at radius 3 is 2.81 bits per heavy atom. The van der Waals surface area contributed by atoms with Crippen molar-refractivity contribution in [2.45, 2.75) is 58.5 Å². The minimum Gasteiger partial charge on any atom is -0.313 e. The highest BCUT2D eigenvalue weighted by atomic mass is 15.2. The summed E-state index contributed by atoms with van der Waals surface area (Å²) >= 11 is 0. The molecule has 16 heavy (non-hydrogen) atoms. The van der Waals surface area contributed by atoms with E-state index in [4.69, 9.17) is 0 Å². The summed E-state index contributed by atoms with van der Waals surface area (Å²) in [5.74, 6) is 0. The first-order chi connectivity index (χ1) is 7.59. The van der Waals surface area contributed by atoms with Crippen LogP contribution in [0, 0.1) is 0 Å². The van der Waals surface area contributed by atoms with Crippen molar-refractivity contribution in [2.24, 2.45) is 0 Å². The Kier molecular flexibility index (Phi) is 6.07. The van der Waals surface area contributed by atoms with Gasteiger partial charge in [0.25, 0.3) is 0 Å². The van der Waals surface area contributed by atoms with E-state index in [1.807, 2.05) is 0 Å². The topological polar surface area (TPSA) is 15.3 Å². The zero-order chi connectivity index (χ0) is 12.0. The fourth-order valence-electron chi connectivity index (χ4n) is 2.30. The Hall–Kier alpha value is -0.340. The Morgan fingerprint density at radius 1 is 1.50 bits per heavy atom. The third-order valence-corrected chi connectivity index (χ3v) is 3.53. The zero-order valence-corrected chi connectivity index (χ0v) is 11.4. The van der Waals surface area contributed by atoms with E-state index < -0.39 is 0 Å². The summed E-state index contributed by atoms with van der Waals surface area (Å²) in [5, 5.41) is 3.66. The first kappa shape index (κ1) is 13.7. The van der Waals surface area contributed by atoms with Crippen LogP contribution >= 0.6 is 0 Å². The Balaban J connectivity index is 2.10. The molecule has 1 heterocycles. The highest BCUT2D eigenvalue weighted by molar-refractivity contribution is 4.93. The molecule has 0 bridgehead atoms. The summed E-state index contributed by atoms with van der Waals surface area (Å²) in [6.07, 6.45) is 7.53. The maximum absolute atomic E-state index is 3.66. The van der Waals surface area contributed by atoms with E-state index in [0.29, 0.717) is 6.04 Å². The van der Waals surface area contributed by atoms with Crippen molar-refractivity contribution in [2.75, 3.05) is 20.1 Å². The van der Waals surface area contributed by atoms with Crippen LogP contribution < -0.4 is 5.32 Å². The summed E-state index contributed by atoms with van der Waals surface area (Å²) in [7, 11) is 2.24. The largest absolute Gasteiger partial charge is 0.313 e. The molecule has 0 aromatic rings. The van der Waals surface area contributed by atoms with E-state index in [0.717, 1.165) is 12.6 Å². The highest BCUT2D eigenvalue weighted by Crippen LogP contribution is 2.14. The van der Waals surface area contributed by atoms with E-state index in [2.05, 4.69) is 44.1 Å². The number of hydrogen-bond acceptors (Lipinski definition) is 2. The predicted octanol–water partition coefficient (Wildman–Crippen LogP) is 2.81. The molecule has 2 unspecified atom stereocenters. The molecule has 2 heteroatoms. The normalized spacial score (nSPS) is 23.4. The number of nitrogens with zero attached hydrogens (tertiary/aromatic N) is 1. The second kappa shape index (κ2) is 7.08. The average molecular weight is 224 g/mol. The molecule has 1 aliphatic rings. The Bertz CT molecular complexity index is 219. The fraction of sp³-hybridized carbons (Fsp3) is 0.857. The van der Waals surface area contributed by atoms with Gasteiger partial charge in [-0.25, -0.2) is 0 Å². The molecule has 0 amide bonds. The minimum absolute atomic E-state index is 0.643. The molecule has 0 radical (unpaired) electrons. The lowest BCUT2D eigenvalue weighted by Gasteiger charge is -2.22. The van der Waals surface area contributed by atoms with E-state index in [-0.39, 0.29) is 0 Å². The van der Waals surface area contributed by atoms with Crippen molar-refractivity contribution in [3.8, 4) is 0 Å². The van der Waals surface area contributed by atoms with Crippen molar-refractivity contribution in [1.29, 1.82) is 0 Å². The molecule has 0 aromatic carbocycles. The fourth-order valence-corrected chi connectivity index (χ4v) is 2.30. The number of hydrogen-bond donors (Lipinski definition) is 1. The number of nitrogens with one attached hydrogen (secondary N) is 1. The van der Waals surface area contributed by atoms with E-state index in [9.17, 15) is 0 Å². The van der Waals surface area contributed by atoms with Crippen LogP contribution in [0.25, 0.3) is 0 Å². The van der Waals surface area contributed by atoms with Crippen molar-refractivity contribution < 1.29 is 0 Å². The van der Waals surface area contributed by atoms with Crippen LogP contribution in [-0.4, -0.2) is 37.1 Å². The molecule has 0 spiro atoms. The van der Waals surface area contributed by atoms with Gasteiger partial charge in [-0.15, -0.1) is 0 Å². The lowest BCUT2D eigenvalue weighted by atomic mass is 10.1. The highest BCUT2D eigenvalue weighted by Gasteiger charge is 2.20. The second-order valence-electron chi connectivity index (χ2n) is 5.44. The van der Waals surface area contributed by atoms with Gasteiger partial charge >= 0.3 is 0 Å². The first-order valence-corrected chi connectivity index (χ1v) is 6.66. The number of rotatable bonds is 6. The zero-order valence-electron chi connectivity index (χ0n) is 11.4. The van der Waals surface area contributed by atoms with Gasteiger partial charge in [-0.2, -0.15) is 0 Å². The van der Waals surface area contributed by atoms with Crippen LogP contribution in [0.1, 0.15) is 46.5 Å². The molecule has 0 aromatic heterocycles. The lowest BCUT2D eigenvalue weighted by Crippen LogP contribution is -2.39. The number of likely N-dealkylation sites (N-methyl/N-ethyl adjacent to an activating group) is 1. The molecule has 2 atom stereocenters. The van der Waals surface area contributed by atoms with E-state index in [1.54, 1.807) is 0 Å². The quantitative estimate of drug-likeness (QED) is 0.698. The lowest BCUT2D eigenvalue weighted by molar-refractivity contribution is 0.291. The molecule has 1 aliphatic heterocycles. The van der Waals surface area contributed by atoms with Crippen LogP contribution in [0.15, 0.2) is 11.6 Å². The molecule has 0 saturated carbocycles. The van der Waals surface area contributed by atoms with Gasteiger partial charge in [0.15, 0.2) is 0 Å². The molecular formula is C14H28N2. The van der Waals surface area contributed by atoms with Gasteiger partial charge in [0.2, 0.25) is 0 Å². The van der Waals surface area contributed by atoms with Gasteiger partial charge in [0.1, 0.15) is 0 Å². The van der Waals surface area contributed by atoms with Gasteiger partial charge in [-0.3, -0.25) is 0 Å². The maximum Gasteiger partial charge on any atom is 0.0218 e. The summed E-state index contributed by atoms with van der Waals surface area (Å²) in [6, 6.07) is 1.41. The number of allylic oxidation sites excluding steroid dienone is 2. The van der Waals surface area contributed by atoms with Gasteiger partial charge in [-0.1, -0.05) is 11.6 Å². The van der Waals surface area contributed by atoms with Crippen molar-refractivity contribution in [3.63, 3.8) is 0 Å². The molecule has 1 N–H and O–H groups in total. The molecule has 2 nitrogen and oxygen atoms in total.